The summed E-state index contributed by atoms with van der Waals surface area (Å²) in [5.41, 5.74) is 0. The van der Waals surface area contributed by atoms with Gasteiger partial charge in [0, 0.05) is 0 Å². The number of phosphoric ester groups is 2. The molecule has 0 aromatic rings. The van der Waals surface area contributed by atoms with Gasteiger partial charge >= 0.3 is 59.2 Å². The maximum absolute atomic E-state index is 10.0. The summed E-state index contributed by atoms with van der Waals surface area (Å²) in [5, 5.41) is 0. The van der Waals surface area contributed by atoms with Gasteiger partial charge in [0.1, 0.15) is 0 Å². The molecule has 0 bridgehead atoms. The Morgan fingerprint density at radius 3 is 1.06 bits per heavy atom. The Balaban J connectivity index is -0.000000139. The second-order valence-electron chi connectivity index (χ2n) is 1.93. The van der Waals surface area contributed by atoms with Crippen molar-refractivity contribution in [3.63, 3.8) is 0 Å². The summed E-state index contributed by atoms with van der Waals surface area (Å²) in [6.45, 7) is 0. The zero-order valence-corrected chi connectivity index (χ0v) is 13.1. The average Bonchev–Trinajstić information content (AvgIpc) is 1.69. The Bertz CT molecular complexity index is 352. The first-order valence-corrected chi connectivity index (χ1v) is 7.55. The second kappa shape index (κ2) is 8.77. The van der Waals surface area contributed by atoms with Crippen LogP contribution < -0.4 is 29.6 Å². The average molecular weight is 344 g/mol. The van der Waals surface area contributed by atoms with E-state index < -0.39 is 29.6 Å². The van der Waals surface area contributed by atoms with Gasteiger partial charge in [-0.3, -0.25) is 19.6 Å². The SMILES string of the molecule is O=C(OP(=O)(O)O)OP(=O)(O)O.O=P(O)(O)O.[H-].[Na+]. The zero-order chi connectivity index (χ0) is 14.5. The third kappa shape index (κ3) is 36.0. The molecule has 0 unspecified atom stereocenters. The first-order chi connectivity index (χ1) is 7.10. The molecule has 17 heteroatoms. The summed E-state index contributed by atoms with van der Waals surface area (Å²) in [4.78, 5) is 63.3. The molecule has 7 N–H and O–H groups in total. The minimum absolute atomic E-state index is 0. The van der Waals surface area contributed by atoms with E-state index in [0.717, 1.165) is 0 Å². The van der Waals surface area contributed by atoms with E-state index >= 15 is 0 Å². The van der Waals surface area contributed by atoms with Crippen LogP contribution in [-0.4, -0.2) is 40.4 Å². The fraction of sp³-hybridized carbons (Fsp3) is 0. The molecule has 18 heavy (non-hydrogen) atoms. The summed E-state index contributed by atoms with van der Waals surface area (Å²) < 4.78 is 34.8. The van der Waals surface area contributed by atoms with Crippen molar-refractivity contribution in [3.8, 4) is 0 Å². The van der Waals surface area contributed by atoms with Crippen molar-refractivity contribution in [2.45, 2.75) is 0 Å². The molecule has 0 atom stereocenters. The van der Waals surface area contributed by atoms with Gasteiger partial charge in [0.05, 0.1) is 0 Å². The summed E-state index contributed by atoms with van der Waals surface area (Å²) in [7, 11) is -14.9. The van der Waals surface area contributed by atoms with Crippen molar-refractivity contribution in [1.29, 1.82) is 0 Å². The van der Waals surface area contributed by atoms with Crippen LogP contribution in [0, 0.1) is 0 Å². The molecular formula is CH8NaO13P3. The molecule has 0 heterocycles. The van der Waals surface area contributed by atoms with Crippen LogP contribution in [0.2, 0.25) is 0 Å². The Morgan fingerprint density at radius 1 is 0.778 bits per heavy atom. The quantitative estimate of drug-likeness (QED) is 0.185. The second-order valence-corrected chi connectivity index (χ2v) is 5.28. The van der Waals surface area contributed by atoms with Crippen LogP contribution in [0.4, 0.5) is 4.79 Å². The van der Waals surface area contributed by atoms with Crippen molar-refractivity contribution in [2.75, 3.05) is 0 Å². The third-order valence-electron chi connectivity index (χ3n) is 0.387. The van der Waals surface area contributed by atoms with Crippen LogP contribution in [-0.2, 0) is 22.7 Å². The minimum atomic E-state index is -5.13. The van der Waals surface area contributed by atoms with Gasteiger partial charge in [-0.25, -0.2) is 18.5 Å². The number of rotatable bonds is 2. The van der Waals surface area contributed by atoms with Crippen molar-refractivity contribution in [3.05, 3.63) is 0 Å². The van der Waals surface area contributed by atoms with Crippen LogP contribution in [0.5, 0.6) is 0 Å². The van der Waals surface area contributed by atoms with E-state index in [1.807, 2.05) is 0 Å². The Labute approximate surface area is 122 Å². The topological polar surface area (TPSA) is 228 Å². The largest absolute Gasteiger partial charge is 1.00 e. The maximum Gasteiger partial charge on any atom is 1.00 e. The predicted octanol–water partition coefficient (Wildman–Crippen LogP) is -4.49. The van der Waals surface area contributed by atoms with Crippen LogP contribution in [0.1, 0.15) is 1.43 Å². The molecule has 0 rings (SSSR count). The molecule has 0 aromatic carbocycles. The van der Waals surface area contributed by atoms with Crippen LogP contribution in [0.3, 0.4) is 0 Å². The molecule has 0 amide bonds. The first kappa shape index (κ1) is 23.7. The van der Waals surface area contributed by atoms with E-state index in [1.165, 1.54) is 0 Å². The van der Waals surface area contributed by atoms with Crippen LogP contribution in [0.25, 0.3) is 0 Å². The van der Waals surface area contributed by atoms with Gasteiger partial charge in [-0.2, -0.15) is 0 Å². The molecular weight excluding hydrogens is 336 g/mol. The van der Waals surface area contributed by atoms with E-state index in [2.05, 4.69) is 9.05 Å². The van der Waals surface area contributed by atoms with E-state index in [0.29, 0.717) is 0 Å². The monoisotopic (exact) mass is 344 g/mol. The molecule has 0 radical (unpaired) electrons. The van der Waals surface area contributed by atoms with Gasteiger partial charge in [-0.1, -0.05) is 0 Å². The van der Waals surface area contributed by atoms with Crippen molar-refractivity contribution >= 4 is 29.6 Å². The van der Waals surface area contributed by atoms with E-state index in [9.17, 15) is 13.9 Å². The molecule has 0 fully saturated rings. The van der Waals surface area contributed by atoms with Gasteiger partial charge < -0.3 is 25.2 Å². The van der Waals surface area contributed by atoms with Gasteiger partial charge in [-0.05, 0) is 0 Å². The summed E-state index contributed by atoms with van der Waals surface area (Å²) in [6.07, 6.45) is -2.14. The predicted molar refractivity (Wildman–Crippen MR) is 47.0 cm³/mol. The van der Waals surface area contributed by atoms with Crippen molar-refractivity contribution in [2.24, 2.45) is 0 Å². The molecule has 0 aromatic heterocycles. The van der Waals surface area contributed by atoms with Gasteiger partial charge in [0.25, 0.3) is 0 Å². The number of carbonyl (C=O) groups excluding carboxylic acids is 1. The van der Waals surface area contributed by atoms with Crippen LogP contribution >= 0.6 is 23.5 Å². The van der Waals surface area contributed by atoms with Gasteiger partial charge in [-0.15, -0.1) is 0 Å². The fourth-order valence-electron chi connectivity index (χ4n) is 0.211. The van der Waals surface area contributed by atoms with E-state index in [-0.39, 0.29) is 31.0 Å². The smallest absolute Gasteiger partial charge is 1.00 e. The molecule has 0 aliphatic carbocycles. The maximum atomic E-state index is 10.0. The fourth-order valence-corrected chi connectivity index (χ4v) is 0.733. The minimum Gasteiger partial charge on any atom is -1.00 e. The molecule has 13 nitrogen and oxygen atoms in total. The third-order valence-corrected chi connectivity index (χ3v) is 1.16. The molecule has 106 valence electrons. The normalized spacial score (nSPS) is 11.5. The Kier molecular flexibility index (Phi) is 11.6. The number of hydrogen-bond donors (Lipinski definition) is 7. The molecule has 0 aliphatic rings. The van der Waals surface area contributed by atoms with Crippen molar-refractivity contribution < 1.29 is 92.8 Å². The standard InChI is InChI=1S/CH4O9P2.Na.H3O4P.H/c2-1(9-11(3,4)5)10-12(6,7)8;;1-5(2,3)4;/h(H2,3,4,5)(H2,6,7,8);;(H3,1,2,3,4);/q;+1;;-1. The molecule has 0 spiro atoms. The van der Waals surface area contributed by atoms with Crippen molar-refractivity contribution in [1.82, 2.24) is 0 Å². The molecule has 0 saturated carbocycles. The summed E-state index contributed by atoms with van der Waals surface area (Å²) in [6, 6.07) is 0. The number of carbonyl (C=O) groups is 1. The first-order valence-electron chi connectivity index (χ1n) is 2.93. The summed E-state index contributed by atoms with van der Waals surface area (Å²) in [5.74, 6) is 0. The van der Waals surface area contributed by atoms with E-state index in [4.69, 9.17) is 38.8 Å². The number of hydrogen-bond acceptors (Lipinski definition) is 6. The van der Waals surface area contributed by atoms with Crippen LogP contribution in [0.15, 0.2) is 0 Å². The summed E-state index contributed by atoms with van der Waals surface area (Å²) >= 11 is 0. The molecule has 0 saturated heterocycles. The zero-order valence-electron chi connectivity index (χ0n) is 9.42. The Hall–Kier alpha value is 0.680. The number of phosphoric acid groups is 3. The van der Waals surface area contributed by atoms with Gasteiger partial charge in [0.2, 0.25) is 0 Å². The Morgan fingerprint density at radius 2 is 0.944 bits per heavy atom. The van der Waals surface area contributed by atoms with Gasteiger partial charge in [0.15, 0.2) is 0 Å². The molecule has 0 aliphatic heterocycles. The van der Waals surface area contributed by atoms with E-state index in [1.54, 1.807) is 0 Å².